The lowest BCUT2D eigenvalue weighted by Crippen LogP contribution is -2.30. The quantitative estimate of drug-likeness (QED) is 0.0261. The summed E-state index contributed by atoms with van der Waals surface area (Å²) in [6.07, 6.45) is 90.9. The molecule has 0 radical (unpaired) electrons. The minimum atomic E-state index is -0.797. The summed E-state index contributed by atoms with van der Waals surface area (Å²) in [5, 5.41) is 0. The zero-order chi connectivity index (χ0) is 58.5. The van der Waals surface area contributed by atoms with Crippen LogP contribution in [0.5, 0.6) is 0 Å². The van der Waals surface area contributed by atoms with Crippen molar-refractivity contribution >= 4 is 17.9 Å². The Morgan fingerprint density at radius 3 is 0.753 bits per heavy atom. The van der Waals surface area contributed by atoms with E-state index in [9.17, 15) is 14.4 Å². The van der Waals surface area contributed by atoms with E-state index in [0.29, 0.717) is 19.3 Å². The number of esters is 3. The van der Waals surface area contributed by atoms with E-state index >= 15 is 0 Å². The highest BCUT2D eigenvalue weighted by atomic mass is 16.6. The average Bonchev–Trinajstić information content (AvgIpc) is 3.46. The fourth-order valence-corrected chi connectivity index (χ4v) is 10.5. The van der Waals surface area contributed by atoms with Gasteiger partial charge in [0.15, 0.2) is 6.10 Å². The summed E-state index contributed by atoms with van der Waals surface area (Å²) < 4.78 is 16.9. The molecule has 0 heterocycles. The number of allylic oxidation sites excluding steroid dienone is 12. The normalized spacial score (nSPS) is 12.5. The number of carbonyl (C=O) groups is 3. The van der Waals surface area contributed by atoms with Crippen LogP contribution < -0.4 is 0 Å². The summed E-state index contributed by atoms with van der Waals surface area (Å²) in [6.45, 7) is 6.55. The lowest BCUT2D eigenvalue weighted by Gasteiger charge is -2.18. The molecule has 1 unspecified atom stereocenters. The minimum Gasteiger partial charge on any atom is -0.462 e. The standard InChI is InChI=1S/C75H134O6/c1-4-7-10-13-16-19-22-25-27-29-31-33-34-35-36-37-38-39-40-42-43-45-47-50-53-56-59-62-65-68-74(77)80-71-72(70-79-73(76)67-64-61-58-55-52-49-24-21-18-15-12-9-6-3)81-75(78)69-66-63-60-57-54-51-48-46-44-41-32-30-28-26-23-20-17-14-11-8-5-2/h8,11,17,20,26,28,32,41,46,48,54,57,72H,4-7,9-10,12-16,18-19,21-25,27,29-31,33-40,42-45,47,49-53,55-56,58-71H2,1-3H3/b11-8-,20-17-,28-26-,41-32-,48-46-,57-54-. The van der Waals surface area contributed by atoms with Crippen molar-refractivity contribution in [3.8, 4) is 0 Å². The van der Waals surface area contributed by atoms with Crippen LogP contribution in [-0.2, 0) is 28.6 Å². The first-order valence-electron chi connectivity index (χ1n) is 35.4. The number of hydrogen-bond donors (Lipinski definition) is 0. The number of ether oxygens (including phenoxy) is 3. The number of rotatable bonds is 65. The van der Waals surface area contributed by atoms with E-state index in [2.05, 4.69) is 93.7 Å². The second kappa shape index (κ2) is 69.3. The molecular formula is C75H134O6. The predicted molar refractivity (Wildman–Crippen MR) is 353 cm³/mol. The van der Waals surface area contributed by atoms with Crippen molar-refractivity contribution in [1.82, 2.24) is 0 Å². The molecule has 0 aromatic rings. The van der Waals surface area contributed by atoms with E-state index in [1.165, 1.54) is 231 Å². The number of unbranched alkanes of at least 4 members (excludes halogenated alkanes) is 42. The van der Waals surface area contributed by atoms with Gasteiger partial charge in [0.25, 0.3) is 0 Å². The van der Waals surface area contributed by atoms with Crippen LogP contribution in [-0.4, -0.2) is 37.2 Å². The van der Waals surface area contributed by atoms with Gasteiger partial charge in [-0.25, -0.2) is 0 Å². The van der Waals surface area contributed by atoms with Gasteiger partial charge in [-0.1, -0.05) is 351 Å². The molecule has 0 amide bonds. The van der Waals surface area contributed by atoms with Crippen LogP contribution >= 0.6 is 0 Å². The fraction of sp³-hybridized carbons (Fsp3) is 0.800. The molecule has 6 heteroatoms. The van der Waals surface area contributed by atoms with E-state index in [0.717, 1.165) is 89.9 Å². The van der Waals surface area contributed by atoms with Crippen LogP contribution in [0.15, 0.2) is 72.9 Å². The lowest BCUT2D eigenvalue weighted by atomic mass is 10.0. The second-order valence-corrected chi connectivity index (χ2v) is 23.8. The van der Waals surface area contributed by atoms with E-state index < -0.39 is 6.10 Å². The molecule has 0 bridgehead atoms. The molecule has 0 spiro atoms. The molecule has 0 aliphatic rings. The van der Waals surface area contributed by atoms with Crippen molar-refractivity contribution in [2.24, 2.45) is 0 Å². The summed E-state index contributed by atoms with van der Waals surface area (Å²) in [7, 11) is 0. The van der Waals surface area contributed by atoms with Gasteiger partial charge >= 0.3 is 17.9 Å². The third-order valence-electron chi connectivity index (χ3n) is 15.7. The van der Waals surface area contributed by atoms with E-state index in [1.54, 1.807) is 0 Å². The molecule has 1 atom stereocenters. The topological polar surface area (TPSA) is 78.9 Å². The third-order valence-corrected chi connectivity index (χ3v) is 15.7. The summed E-state index contributed by atoms with van der Waals surface area (Å²) in [5.74, 6) is -0.911. The summed E-state index contributed by atoms with van der Waals surface area (Å²) in [5.41, 5.74) is 0. The highest BCUT2D eigenvalue weighted by molar-refractivity contribution is 5.71. The maximum Gasteiger partial charge on any atom is 0.306 e. The van der Waals surface area contributed by atoms with Gasteiger partial charge < -0.3 is 14.2 Å². The predicted octanol–water partition coefficient (Wildman–Crippen LogP) is 24.4. The fourth-order valence-electron chi connectivity index (χ4n) is 10.5. The first kappa shape index (κ1) is 77.9. The van der Waals surface area contributed by atoms with Crippen molar-refractivity contribution < 1.29 is 28.6 Å². The lowest BCUT2D eigenvalue weighted by molar-refractivity contribution is -0.167. The molecule has 470 valence electrons. The Balaban J connectivity index is 4.26. The third kappa shape index (κ3) is 67.5. The molecule has 0 saturated carbocycles. The maximum absolute atomic E-state index is 12.9. The van der Waals surface area contributed by atoms with Crippen LogP contribution in [0.25, 0.3) is 0 Å². The van der Waals surface area contributed by atoms with Crippen molar-refractivity contribution in [1.29, 1.82) is 0 Å². The largest absolute Gasteiger partial charge is 0.462 e. The average molecular weight is 1130 g/mol. The Bertz CT molecular complexity index is 1490. The highest BCUT2D eigenvalue weighted by Crippen LogP contribution is 2.18. The van der Waals surface area contributed by atoms with E-state index in [1.807, 2.05) is 0 Å². The van der Waals surface area contributed by atoms with Gasteiger partial charge in [-0.3, -0.25) is 14.4 Å². The molecule has 81 heavy (non-hydrogen) atoms. The molecule has 0 aromatic heterocycles. The first-order valence-corrected chi connectivity index (χ1v) is 35.4. The molecule has 0 aromatic carbocycles. The molecule has 0 N–H and O–H groups in total. The van der Waals surface area contributed by atoms with Crippen molar-refractivity contribution in [3.63, 3.8) is 0 Å². The minimum absolute atomic E-state index is 0.0886. The van der Waals surface area contributed by atoms with Gasteiger partial charge in [0, 0.05) is 19.3 Å². The Morgan fingerprint density at radius 1 is 0.259 bits per heavy atom. The Hall–Kier alpha value is -3.15. The Kier molecular flexibility index (Phi) is 66.6. The second-order valence-electron chi connectivity index (χ2n) is 23.8. The summed E-state index contributed by atoms with van der Waals surface area (Å²) in [4.78, 5) is 38.4. The molecule has 0 aliphatic carbocycles. The monoisotopic (exact) mass is 1130 g/mol. The van der Waals surface area contributed by atoms with E-state index in [4.69, 9.17) is 14.2 Å². The SMILES string of the molecule is CC/C=C\C/C=C\C/C=C\C/C=C\C/C=C\C/C=C\CCCCC(=O)OC(COC(=O)CCCCCCCCCCCCCCC)COC(=O)CCCCCCCCCCCCCCCCCCCCCCCCCCCCCCC. The molecule has 6 nitrogen and oxygen atoms in total. The molecular weight excluding hydrogens is 997 g/mol. The van der Waals surface area contributed by atoms with Gasteiger partial charge in [-0.2, -0.15) is 0 Å². The van der Waals surface area contributed by atoms with Crippen LogP contribution in [0.2, 0.25) is 0 Å². The van der Waals surface area contributed by atoms with Crippen molar-refractivity contribution in [3.05, 3.63) is 72.9 Å². The van der Waals surface area contributed by atoms with Crippen LogP contribution in [0.3, 0.4) is 0 Å². The molecule has 0 rings (SSSR count). The molecule has 0 saturated heterocycles. The first-order chi connectivity index (χ1) is 40.0. The number of hydrogen-bond acceptors (Lipinski definition) is 6. The summed E-state index contributed by atoms with van der Waals surface area (Å²) >= 11 is 0. The van der Waals surface area contributed by atoms with E-state index in [-0.39, 0.29) is 37.5 Å². The zero-order valence-electron chi connectivity index (χ0n) is 54.1. The maximum atomic E-state index is 12.9. The Morgan fingerprint density at radius 2 is 0.481 bits per heavy atom. The van der Waals surface area contributed by atoms with Crippen LogP contribution in [0.1, 0.15) is 367 Å². The van der Waals surface area contributed by atoms with Crippen LogP contribution in [0.4, 0.5) is 0 Å². The Labute approximate surface area is 503 Å². The summed E-state index contributed by atoms with van der Waals surface area (Å²) in [6, 6.07) is 0. The van der Waals surface area contributed by atoms with Crippen molar-refractivity contribution in [2.45, 2.75) is 374 Å². The van der Waals surface area contributed by atoms with Gasteiger partial charge in [0.05, 0.1) is 0 Å². The molecule has 0 aliphatic heterocycles. The smallest absolute Gasteiger partial charge is 0.306 e. The van der Waals surface area contributed by atoms with Gasteiger partial charge in [-0.05, 0) is 70.6 Å². The number of carbonyl (C=O) groups excluding carboxylic acids is 3. The van der Waals surface area contributed by atoms with Gasteiger partial charge in [0.1, 0.15) is 13.2 Å². The highest BCUT2D eigenvalue weighted by Gasteiger charge is 2.19. The van der Waals surface area contributed by atoms with Gasteiger partial charge in [-0.15, -0.1) is 0 Å². The van der Waals surface area contributed by atoms with Crippen molar-refractivity contribution in [2.75, 3.05) is 13.2 Å². The zero-order valence-corrected chi connectivity index (χ0v) is 54.1. The molecule has 0 fully saturated rings. The van der Waals surface area contributed by atoms with Crippen LogP contribution in [0, 0.1) is 0 Å². The van der Waals surface area contributed by atoms with Gasteiger partial charge in [0.2, 0.25) is 0 Å².